The highest BCUT2D eigenvalue weighted by molar-refractivity contribution is 7.20. The van der Waals surface area contributed by atoms with Crippen LogP contribution in [0, 0.1) is 0 Å². The first-order valence-corrected chi connectivity index (χ1v) is 9.36. The first kappa shape index (κ1) is 15.0. The van der Waals surface area contributed by atoms with Crippen molar-refractivity contribution in [2.45, 2.75) is 38.2 Å². The second-order valence-electron chi connectivity index (χ2n) is 6.10. The van der Waals surface area contributed by atoms with Crippen molar-refractivity contribution in [3.63, 3.8) is 0 Å². The second-order valence-corrected chi connectivity index (χ2v) is 7.91. The van der Waals surface area contributed by atoms with Crippen LogP contribution in [0.3, 0.4) is 0 Å². The Morgan fingerprint density at radius 2 is 2.17 bits per heavy atom. The fourth-order valence-electron chi connectivity index (χ4n) is 2.58. The number of aromatic nitrogens is 3. The normalized spacial score (nSPS) is 18.6. The number of nitrogens with zero attached hydrogens (tertiary/aromatic N) is 3. The third-order valence-electron chi connectivity index (χ3n) is 4.07. The molecule has 0 N–H and O–H groups in total. The van der Waals surface area contributed by atoms with Crippen LogP contribution >= 0.6 is 22.7 Å². The van der Waals surface area contributed by atoms with E-state index in [1.54, 1.807) is 22.7 Å². The maximum atomic E-state index is 5.63. The quantitative estimate of drug-likeness (QED) is 0.698. The molecular formula is C16H17N3O2S2. The SMILES string of the molecule is CC(C)(c1csc(-c2cccs2)n1)c1nc([C@@H]2CCCO2)no1. The predicted molar refractivity (Wildman–Crippen MR) is 89.8 cm³/mol. The molecule has 120 valence electrons. The van der Waals surface area contributed by atoms with Gasteiger partial charge in [0.15, 0.2) is 0 Å². The molecule has 0 bridgehead atoms. The van der Waals surface area contributed by atoms with E-state index in [1.165, 1.54) is 4.88 Å². The van der Waals surface area contributed by atoms with Crippen LogP contribution < -0.4 is 0 Å². The highest BCUT2D eigenvalue weighted by Gasteiger charge is 2.34. The molecule has 0 spiro atoms. The molecule has 1 fully saturated rings. The molecule has 0 radical (unpaired) electrons. The minimum absolute atomic E-state index is 0.0274. The molecule has 1 aliphatic heterocycles. The van der Waals surface area contributed by atoms with Crippen molar-refractivity contribution in [3.8, 4) is 9.88 Å². The van der Waals surface area contributed by atoms with Crippen molar-refractivity contribution in [2.75, 3.05) is 6.61 Å². The molecule has 1 aliphatic rings. The van der Waals surface area contributed by atoms with E-state index in [9.17, 15) is 0 Å². The molecule has 0 aromatic carbocycles. The van der Waals surface area contributed by atoms with Crippen LogP contribution in [-0.2, 0) is 10.2 Å². The van der Waals surface area contributed by atoms with Crippen molar-refractivity contribution in [3.05, 3.63) is 40.3 Å². The molecule has 3 aromatic rings. The van der Waals surface area contributed by atoms with Crippen LogP contribution in [0.1, 0.15) is 50.2 Å². The lowest BCUT2D eigenvalue weighted by atomic mass is 9.90. The average molecular weight is 347 g/mol. The van der Waals surface area contributed by atoms with Gasteiger partial charge in [-0.15, -0.1) is 22.7 Å². The van der Waals surface area contributed by atoms with E-state index in [-0.39, 0.29) is 6.10 Å². The van der Waals surface area contributed by atoms with Gasteiger partial charge in [0.2, 0.25) is 11.7 Å². The molecule has 7 heteroatoms. The lowest BCUT2D eigenvalue weighted by Gasteiger charge is -2.16. The molecule has 0 unspecified atom stereocenters. The maximum absolute atomic E-state index is 5.63. The Labute approximate surface area is 142 Å². The minimum Gasteiger partial charge on any atom is -0.370 e. The smallest absolute Gasteiger partial charge is 0.238 e. The van der Waals surface area contributed by atoms with Crippen LogP contribution in [0.5, 0.6) is 0 Å². The van der Waals surface area contributed by atoms with E-state index < -0.39 is 5.41 Å². The van der Waals surface area contributed by atoms with Crippen LogP contribution in [-0.4, -0.2) is 21.7 Å². The van der Waals surface area contributed by atoms with Crippen molar-refractivity contribution in [1.29, 1.82) is 0 Å². The summed E-state index contributed by atoms with van der Waals surface area (Å²) in [6, 6.07) is 4.13. The number of rotatable bonds is 4. The van der Waals surface area contributed by atoms with Gasteiger partial charge in [-0.25, -0.2) is 4.98 Å². The molecule has 1 atom stereocenters. The Balaban J connectivity index is 1.62. The van der Waals surface area contributed by atoms with Gasteiger partial charge in [0.1, 0.15) is 11.1 Å². The summed E-state index contributed by atoms with van der Waals surface area (Å²) in [6.07, 6.45) is 1.98. The summed E-state index contributed by atoms with van der Waals surface area (Å²) in [5, 5.41) is 9.28. The third kappa shape index (κ3) is 2.73. The maximum Gasteiger partial charge on any atom is 0.238 e. The largest absolute Gasteiger partial charge is 0.370 e. The van der Waals surface area contributed by atoms with Crippen LogP contribution in [0.2, 0.25) is 0 Å². The zero-order valence-electron chi connectivity index (χ0n) is 13.0. The number of hydrogen-bond donors (Lipinski definition) is 0. The summed E-state index contributed by atoms with van der Waals surface area (Å²) < 4.78 is 11.1. The van der Waals surface area contributed by atoms with Gasteiger partial charge in [-0.1, -0.05) is 11.2 Å². The van der Waals surface area contributed by atoms with Gasteiger partial charge in [-0.05, 0) is 38.1 Å². The fraction of sp³-hybridized carbons (Fsp3) is 0.438. The molecule has 5 nitrogen and oxygen atoms in total. The molecule has 1 saturated heterocycles. The first-order chi connectivity index (χ1) is 11.1. The number of ether oxygens (including phenoxy) is 1. The molecule has 23 heavy (non-hydrogen) atoms. The van der Waals surface area contributed by atoms with Gasteiger partial charge in [0.25, 0.3) is 0 Å². The zero-order chi connectivity index (χ0) is 15.9. The Bertz CT molecular complexity index is 786. The van der Waals surface area contributed by atoms with Crippen molar-refractivity contribution in [1.82, 2.24) is 15.1 Å². The van der Waals surface area contributed by atoms with Gasteiger partial charge in [0.05, 0.1) is 16.0 Å². The summed E-state index contributed by atoms with van der Waals surface area (Å²) in [5.41, 5.74) is 0.531. The van der Waals surface area contributed by atoms with Gasteiger partial charge in [-0.2, -0.15) is 4.98 Å². The second kappa shape index (κ2) is 5.81. The summed E-state index contributed by atoms with van der Waals surface area (Å²) in [5.74, 6) is 1.24. The monoisotopic (exact) mass is 347 g/mol. The Kier molecular flexibility index (Phi) is 3.79. The Hall–Kier alpha value is -1.57. The Morgan fingerprint density at radius 3 is 2.91 bits per heavy atom. The topological polar surface area (TPSA) is 61.0 Å². The van der Waals surface area contributed by atoms with Crippen molar-refractivity contribution in [2.24, 2.45) is 0 Å². The van der Waals surface area contributed by atoms with Crippen LogP contribution in [0.4, 0.5) is 0 Å². The zero-order valence-corrected chi connectivity index (χ0v) is 14.6. The Morgan fingerprint density at radius 1 is 1.26 bits per heavy atom. The van der Waals surface area contributed by atoms with Gasteiger partial charge in [0, 0.05) is 12.0 Å². The standard InChI is InChI=1S/C16H17N3O2S2/c1-16(2,12-9-23-14(17-12)11-6-4-8-22-11)15-18-13(19-21-15)10-5-3-7-20-10/h4,6,8-10H,3,5,7H2,1-2H3/t10-/m0/s1. The van der Waals surface area contributed by atoms with E-state index in [0.717, 1.165) is 30.2 Å². The summed E-state index contributed by atoms with van der Waals surface area (Å²) in [6.45, 7) is 4.90. The minimum atomic E-state index is -0.421. The van der Waals surface area contributed by atoms with Crippen molar-refractivity contribution >= 4 is 22.7 Å². The summed E-state index contributed by atoms with van der Waals surface area (Å²) in [4.78, 5) is 10.5. The predicted octanol–water partition coefficient (Wildman–Crippen LogP) is 4.43. The summed E-state index contributed by atoms with van der Waals surface area (Å²) >= 11 is 3.34. The van der Waals surface area contributed by atoms with E-state index in [4.69, 9.17) is 14.2 Å². The van der Waals surface area contributed by atoms with Crippen LogP contribution in [0.15, 0.2) is 27.4 Å². The van der Waals surface area contributed by atoms with E-state index in [1.807, 2.05) is 6.07 Å². The lowest BCUT2D eigenvalue weighted by Crippen LogP contribution is -2.20. The molecule has 0 amide bonds. The van der Waals surface area contributed by atoms with Crippen LogP contribution in [0.25, 0.3) is 9.88 Å². The van der Waals surface area contributed by atoms with E-state index in [0.29, 0.717) is 11.7 Å². The molecule has 4 heterocycles. The molecule has 3 aromatic heterocycles. The average Bonchev–Trinajstić information content (AvgIpc) is 3.36. The molecular weight excluding hydrogens is 330 g/mol. The van der Waals surface area contributed by atoms with Crippen molar-refractivity contribution < 1.29 is 9.26 Å². The number of thiazole rings is 1. The number of thiophene rings is 1. The molecule has 0 saturated carbocycles. The van der Waals surface area contributed by atoms with Gasteiger partial charge in [-0.3, -0.25) is 0 Å². The fourth-order valence-corrected chi connectivity index (χ4v) is 4.39. The first-order valence-electron chi connectivity index (χ1n) is 7.60. The van der Waals surface area contributed by atoms with E-state index >= 15 is 0 Å². The van der Waals surface area contributed by atoms with Gasteiger partial charge >= 0.3 is 0 Å². The molecule has 0 aliphatic carbocycles. The third-order valence-corrected chi connectivity index (χ3v) is 5.95. The highest BCUT2D eigenvalue weighted by atomic mass is 32.1. The molecule has 4 rings (SSSR count). The number of hydrogen-bond acceptors (Lipinski definition) is 7. The highest BCUT2D eigenvalue weighted by Crippen LogP contribution is 2.36. The van der Waals surface area contributed by atoms with Gasteiger partial charge < -0.3 is 9.26 Å². The van der Waals surface area contributed by atoms with E-state index in [2.05, 4.69) is 40.8 Å². The summed E-state index contributed by atoms with van der Waals surface area (Å²) in [7, 11) is 0. The lowest BCUT2D eigenvalue weighted by molar-refractivity contribution is 0.103.